The first-order valence-corrected chi connectivity index (χ1v) is 10.2. The molecule has 1 fully saturated rings. The third-order valence-corrected chi connectivity index (χ3v) is 5.33. The molecule has 1 aliphatic heterocycles. The van der Waals surface area contributed by atoms with Crippen LogP contribution in [0, 0.1) is 12.3 Å². The Morgan fingerprint density at radius 3 is 2.88 bits per heavy atom. The molecule has 10 nitrogen and oxygen atoms in total. The molecule has 3 N–H and O–H groups in total. The van der Waals surface area contributed by atoms with Gasteiger partial charge in [-0.05, 0) is 23.8 Å². The van der Waals surface area contributed by atoms with Gasteiger partial charge < -0.3 is 25.4 Å². The molecule has 1 saturated heterocycles. The Balaban J connectivity index is 1.50. The standard InChI is InChI=1S/C23H22N6O4/c1-3-15-5-4-14(10-25-15)11-27-22(31)20-21(30)16-6-7-19(28-17(16)12-26-20)29-9-8-24-18(13-29)23(32)33-2/h1,4-7,10,12,18,24,30H,8-9,11,13H2,2H3,(H,27,31)/t18-/m1/s1. The van der Waals surface area contributed by atoms with Gasteiger partial charge in [0.1, 0.15) is 17.6 Å². The molecule has 0 aliphatic carbocycles. The molecule has 4 heterocycles. The van der Waals surface area contributed by atoms with Crippen molar-refractivity contribution in [2.45, 2.75) is 12.6 Å². The number of pyridine rings is 3. The van der Waals surface area contributed by atoms with Crippen LogP contribution in [0.25, 0.3) is 10.9 Å². The first-order valence-electron chi connectivity index (χ1n) is 10.2. The zero-order chi connectivity index (χ0) is 23.4. The third-order valence-electron chi connectivity index (χ3n) is 5.33. The summed E-state index contributed by atoms with van der Waals surface area (Å²) in [7, 11) is 1.35. The second kappa shape index (κ2) is 9.50. The van der Waals surface area contributed by atoms with E-state index in [2.05, 4.69) is 31.5 Å². The van der Waals surface area contributed by atoms with E-state index in [-0.39, 0.29) is 24.0 Å². The fourth-order valence-electron chi connectivity index (χ4n) is 3.56. The molecule has 0 spiro atoms. The van der Waals surface area contributed by atoms with E-state index in [0.29, 0.717) is 42.0 Å². The molecule has 10 heteroatoms. The van der Waals surface area contributed by atoms with E-state index in [4.69, 9.17) is 11.2 Å². The summed E-state index contributed by atoms with van der Waals surface area (Å²) in [5.41, 5.74) is 1.60. The average molecular weight is 446 g/mol. The van der Waals surface area contributed by atoms with Crippen LogP contribution in [0.4, 0.5) is 5.82 Å². The summed E-state index contributed by atoms with van der Waals surface area (Å²) in [4.78, 5) is 39.1. The van der Waals surface area contributed by atoms with E-state index in [9.17, 15) is 14.7 Å². The Morgan fingerprint density at radius 2 is 2.15 bits per heavy atom. The summed E-state index contributed by atoms with van der Waals surface area (Å²) in [6.07, 6.45) is 8.31. The van der Waals surface area contributed by atoms with Crippen LogP contribution in [0.2, 0.25) is 0 Å². The number of aromatic hydroxyl groups is 1. The van der Waals surface area contributed by atoms with E-state index < -0.39 is 11.9 Å². The Morgan fingerprint density at radius 1 is 1.30 bits per heavy atom. The van der Waals surface area contributed by atoms with Gasteiger partial charge in [0.25, 0.3) is 5.91 Å². The minimum Gasteiger partial charge on any atom is -0.505 e. The second-order valence-corrected chi connectivity index (χ2v) is 7.41. The van der Waals surface area contributed by atoms with Crippen molar-refractivity contribution in [1.82, 2.24) is 25.6 Å². The van der Waals surface area contributed by atoms with Gasteiger partial charge in [-0.25, -0.2) is 15.0 Å². The summed E-state index contributed by atoms with van der Waals surface area (Å²) in [5.74, 6) is 1.96. The number of nitrogens with zero attached hydrogens (tertiary/aromatic N) is 4. The molecule has 1 atom stereocenters. The number of aromatic nitrogens is 3. The highest BCUT2D eigenvalue weighted by Gasteiger charge is 2.27. The number of hydrogen-bond donors (Lipinski definition) is 3. The number of methoxy groups -OCH3 is 1. The molecule has 168 valence electrons. The number of carbonyl (C=O) groups is 2. The van der Waals surface area contributed by atoms with Crippen LogP contribution in [-0.2, 0) is 16.1 Å². The molecule has 0 radical (unpaired) electrons. The Kier molecular flexibility index (Phi) is 6.33. The van der Waals surface area contributed by atoms with Crippen LogP contribution >= 0.6 is 0 Å². The summed E-state index contributed by atoms with van der Waals surface area (Å²) in [6.45, 7) is 1.87. The van der Waals surface area contributed by atoms with E-state index >= 15 is 0 Å². The van der Waals surface area contributed by atoms with Crippen LogP contribution in [0.5, 0.6) is 5.75 Å². The van der Waals surface area contributed by atoms with E-state index in [1.165, 1.54) is 13.3 Å². The van der Waals surface area contributed by atoms with Crippen LogP contribution in [0.3, 0.4) is 0 Å². The predicted octanol–water partition coefficient (Wildman–Crippen LogP) is 0.593. The lowest BCUT2D eigenvalue weighted by molar-refractivity contribution is -0.143. The van der Waals surface area contributed by atoms with E-state index in [0.717, 1.165) is 5.56 Å². The number of terminal acetylenes is 1. The molecule has 0 unspecified atom stereocenters. The lowest BCUT2D eigenvalue weighted by Gasteiger charge is -2.33. The first-order chi connectivity index (χ1) is 16.0. The number of nitrogens with one attached hydrogen (secondary N) is 2. The molecule has 4 rings (SSSR count). The largest absolute Gasteiger partial charge is 0.505 e. The minimum atomic E-state index is -0.525. The van der Waals surface area contributed by atoms with Gasteiger partial charge in [0, 0.05) is 37.8 Å². The quantitative estimate of drug-likeness (QED) is 0.381. The number of esters is 1. The SMILES string of the molecule is C#Cc1ccc(CNC(=O)c2ncc3nc(N4CCN[C@@H](C(=O)OC)C4)ccc3c2O)cn1. The number of ether oxygens (including phenoxy) is 1. The topological polar surface area (TPSA) is 130 Å². The number of piperazine rings is 1. The van der Waals surface area contributed by atoms with Crippen molar-refractivity contribution < 1.29 is 19.4 Å². The van der Waals surface area contributed by atoms with Gasteiger partial charge in [-0.15, -0.1) is 6.42 Å². The maximum atomic E-state index is 12.6. The minimum absolute atomic E-state index is 0.0989. The van der Waals surface area contributed by atoms with Crippen LogP contribution in [0.15, 0.2) is 36.7 Å². The van der Waals surface area contributed by atoms with Crippen LogP contribution < -0.4 is 15.5 Å². The summed E-state index contributed by atoms with van der Waals surface area (Å²) < 4.78 is 4.81. The molecular weight excluding hydrogens is 424 g/mol. The van der Waals surface area contributed by atoms with Crippen molar-refractivity contribution in [1.29, 1.82) is 0 Å². The van der Waals surface area contributed by atoms with Crippen molar-refractivity contribution in [3.8, 4) is 18.1 Å². The lowest BCUT2D eigenvalue weighted by atomic mass is 10.1. The normalized spacial score (nSPS) is 15.6. The zero-order valence-electron chi connectivity index (χ0n) is 17.9. The Labute approximate surface area is 190 Å². The predicted molar refractivity (Wildman–Crippen MR) is 121 cm³/mol. The molecule has 3 aromatic heterocycles. The molecule has 0 saturated carbocycles. The highest BCUT2D eigenvalue weighted by molar-refractivity contribution is 6.00. The highest BCUT2D eigenvalue weighted by atomic mass is 16.5. The van der Waals surface area contributed by atoms with Gasteiger partial charge in [-0.1, -0.05) is 12.0 Å². The lowest BCUT2D eigenvalue weighted by Crippen LogP contribution is -2.54. The molecule has 0 bridgehead atoms. The Bertz CT molecular complexity index is 1240. The smallest absolute Gasteiger partial charge is 0.324 e. The summed E-state index contributed by atoms with van der Waals surface area (Å²) in [5, 5.41) is 16.9. The first kappa shape index (κ1) is 22.0. The van der Waals surface area contributed by atoms with Crippen LogP contribution in [0.1, 0.15) is 21.7 Å². The zero-order valence-corrected chi connectivity index (χ0v) is 17.9. The number of anilines is 1. The van der Waals surface area contributed by atoms with Gasteiger partial charge >= 0.3 is 5.97 Å². The molecule has 1 aliphatic rings. The number of carbonyl (C=O) groups excluding carboxylic acids is 2. The molecule has 33 heavy (non-hydrogen) atoms. The van der Waals surface area contributed by atoms with E-state index in [1.54, 1.807) is 30.5 Å². The van der Waals surface area contributed by atoms with Gasteiger partial charge in [0.05, 0.1) is 18.8 Å². The maximum Gasteiger partial charge on any atom is 0.324 e. The number of hydrogen-bond acceptors (Lipinski definition) is 9. The van der Waals surface area contributed by atoms with Crippen molar-refractivity contribution in [3.05, 3.63) is 53.6 Å². The number of rotatable bonds is 5. The van der Waals surface area contributed by atoms with Gasteiger partial charge in [0.2, 0.25) is 0 Å². The maximum absolute atomic E-state index is 12.6. The van der Waals surface area contributed by atoms with Crippen molar-refractivity contribution >= 4 is 28.6 Å². The van der Waals surface area contributed by atoms with Gasteiger partial charge in [-0.3, -0.25) is 9.59 Å². The van der Waals surface area contributed by atoms with Crippen molar-refractivity contribution in [2.24, 2.45) is 0 Å². The van der Waals surface area contributed by atoms with Crippen LogP contribution in [-0.4, -0.2) is 64.7 Å². The molecule has 3 aromatic rings. The summed E-state index contributed by atoms with van der Waals surface area (Å²) >= 11 is 0. The Hall–Kier alpha value is -4.23. The summed E-state index contributed by atoms with van der Waals surface area (Å²) in [6, 6.07) is 6.42. The number of amides is 1. The monoisotopic (exact) mass is 446 g/mol. The highest BCUT2D eigenvalue weighted by Crippen LogP contribution is 2.28. The van der Waals surface area contributed by atoms with Gasteiger partial charge in [-0.2, -0.15) is 0 Å². The van der Waals surface area contributed by atoms with Crippen molar-refractivity contribution in [2.75, 3.05) is 31.6 Å². The fraction of sp³-hybridized carbons (Fsp3) is 0.261. The second-order valence-electron chi connectivity index (χ2n) is 7.41. The molecule has 1 amide bonds. The van der Waals surface area contributed by atoms with Gasteiger partial charge in [0.15, 0.2) is 11.4 Å². The molecule has 0 aromatic carbocycles. The third kappa shape index (κ3) is 4.68. The van der Waals surface area contributed by atoms with Crippen molar-refractivity contribution in [3.63, 3.8) is 0 Å². The number of fused-ring (bicyclic) bond motifs is 1. The molecular formula is C23H22N6O4. The average Bonchev–Trinajstić information content (AvgIpc) is 2.87. The van der Waals surface area contributed by atoms with E-state index in [1.807, 2.05) is 4.90 Å². The fourth-order valence-corrected chi connectivity index (χ4v) is 3.56.